The van der Waals surface area contributed by atoms with Gasteiger partial charge in [0.15, 0.2) is 5.78 Å². The minimum absolute atomic E-state index is 0.131. The van der Waals surface area contributed by atoms with Gasteiger partial charge in [-0.15, -0.1) is 0 Å². The number of carboxylic acid groups (broad SMARTS) is 1. The van der Waals surface area contributed by atoms with Gasteiger partial charge in [0.2, 0.25) is 0 Å². The molecule has 0 unspecified atom stereocenters. The second-order valence-corrected chi connectivity index (χ2v) is 5.48. The highest BCUT2D eigenvalue weighted by Gasteiger charge is 2.00. The van der Waals surface area contributed by atoms with Gasteiger partial charge >= 0.3 is 5.97 Å². The van der Waals surface area contributed by atoms with Crippen molar-refractivity contribution in [1.82, 2.24) is 0 Å². The molecule has 2 rings (SSSR count). The third-order valence-electron chi connectivity index (χ3n) is 3.45. The van der Waals surface area contributed by atoms with Gasteiger partial charge < -0.3 is 10.0 Å². The lowest BCUT2D eigenvalue weighted by Crippen LogP contribution is -2.07. The summed E-state index contributed by atoms with van der Waals surface area (Å²) in [4.78, 5) is 24.6. The number of nitrogens with zero attached hydrogens (tertiary/aromatic N) is 1. The molecule has 0 aromatic heterocycles. The summed E-state index contributed by atoms with van der Waals surface area (Å²) in [5.41, 5.74) is 3.05. The molecular weight excluding hydrogens is 302 g/mol. The molecular formula is C20H19NO3. The minimum Gasteiger partial charge on any atom is -0.478 e. The number of carbonyl (C=O) groups excluding carboxylic acids is 1. The van der Waals surface area contributed by atoms with Gasteiger partial charge in [-0.1, -0.05) is 36.4 Å². The number of carboxylic acids is 1. The Bertz CT molecular complexity index is 770. The fourth-order valence-corrected chi connectivity index (χ4v) is 2.03. The number of aromatic carboxylic acids is 1. The van der Waals surface area contributed by atoms with Crippen molar-refractivity contribution in [2.75, 3.05) is 19.0 Å². The van der Waals surface area contributed by atoms with Crippen LogP contribution in [0, 0.1) is 0 Å². The molecule has 0 aliphatic heterocycles. The molecule has 0 spiro atoms. The molecule has 4 heteroatoms. The van der Waals surface area contributed by atoms with Crippen LogP contribution in [0.2, 0.25) is 0 Å². The number of anilines is 1. The van der Waals surface area contributed by atoms with E-state index in [0.29, 0.717) is 0 Å². The first-order valence-corrected chi connectivity index (χ1v) is 7.46. The molecule has 0 amide bonds. The Morgan fingerprint density at radius 2 is 1.29 bits per heavy atom. The first-order chi connectivity index (χ1) is 11.5. The Morgan fingerprint density at radius 3 is 1.71 bits per heavy atom. The number of rotatable bonds is 6. The highest BCUT2D eigenvalue weighted by Crippen LogP contribution is 2.13. The van der Waals surface area contributed by atoms with Crippen molar-refractivity contribution in [2.45, 2.75) is 0 Å². The molecule has 2 aromatic carbocycles. The fraction of sp³-hybridized carbons (Fsp3) is 0.100. The number of benzene rings is 2. The number of allylic oxidation sites excluding steroid dienone is 2. The molecule has 24 heavy (non-hydrogen) atoms. The summed E-state index contributed by atoms with van der Waals surface area (Å²) in [5.74, 6) is -1.10. The van der Waals surface area contributed by atoms with Crippen molar-refractivity contribution in [3.63, 3.8) is 0 Å². The molecule has 0 bridgehead atoms. The lowest BCUT2D eigenvalue weighted by atomic mass is 10.1. The maximum absolute atomic E-state index is 11.9. The lowest BCUT2D eigenvalue weighted by molar-refractivity contribution is -0.110. The SMILES string of the molecule is CN(C)c1ccc(/C=C/C(=O)/C=C/c2ccc(C(=O)O)cc2)cc1. The molecule has 0 saturated carbocycles. The number of carbonyl (C=O) groups is 2. The van der Waals surface area contributed by atoms with E-state index in [-0.39, 0.29) is 11.3 Å². The monoisotopic (exact) mass is 321 g/mol. The zero-order chi connectivity index (χ0) is 17.5. The maximum Gasteiger partial charge on any atom is 0.335 e. The topological polar surface area (TPSA) is 57.6 Å². The normalized spacial score (nSPS) is 11.1. The molecule has 0 heterocycles. The first kappa shape index (κ1) is 17.2. The van der Waals surface area contributed by atoms with E-state index in [1.807, 2.05) is 43.3 Å². The number of hydrogen-bond acceptors (Lipinski definition) is 3. The van der Waals surface area contributed by atoms with Crippen molar-refractivity contribution in [3.05, 3.63) is 77.4 Å². The van der Waals surface area contributed by atoms with Gasteiger partial charge in [0.1, 0.15) is 0 Å². The molecule has 0 radical (unpaired) electrons. The molecule has 0 aliphatic rings. The molecule has 122 valence electrons. The second-order valence-electron chi connectivity index (χ2n) is 5.48. The summed E-state index contributed by atoms with van der Waals surface area (Å²) in [6.45, 7) is 0. The van der Waals surface area contributed by atoms with Crippen molar-refractivity contribution in [2.24, 2.45) is 0 Å². The van der Waals surface area contributed by atoms with Crippen LogP contribution in [-0.4, -0.2) is 31.0 Å². The summed E-state index contributed by atoms with van der Waals surface area (Å²) in [5, 5.41) is 8.84. The Morgan fingerprint density at radius 1 is 0.833 bits per heavy atom. The van der Waals surface area contributed by atoms with E-state index in [0.717, 1.165) is 16.8 Å². The fourth-order valence-electron chi connectivity index (χ4n) is 2.03. The largest absolute Gasteiger partial charge is 0.478 e. The summed E-state index contributed by atoms with van der Waals surface area (Å²) < 4.78 is 0. The van der Waals surface area contributed by atoms with Crippen LogP contribution in [-0.2, 0) is 4.79 Å². The van der Waals surface area contributed by atoms with Crippen molar-refractivity contribution in [3.8, 4) is 0 Å². The van der Waals surface area contributed by atoms with Crippen molar-refractivity contribution < 1.29 is 14.7 Å². The highest BCUT2D eigenvalue weighted by atomic mass is 16.4. The van der Waals surface area contributed by atoms with Gasteiger partial charge in [-0.3, -0.25) is 4.79 Å². The predicted octanol–water partition coefficient (Wildman–Crippen LogP) is 3.75. The van der Waals surface area contributed by atoms with E-state index < -0.39 is 5.97 Å². The average molecular weight is 321 g/mol. The van der Waals surface area contributed by atoms with Crippen LogP contribution < -0.4 is 4.90 Å². The third kappa shape index (κ3) is 4.95. The van der Waals surface area contributed by atoms with Crippen LogP contribution in [0.5, 0.6) is 0 Å². The van der Waals surface area contributed by atoms with Crippen LogP contribution in [0.4, 0.5) is 5.69 Å². The van der Waals surface area contributed by atoms with E-state index in [2.05, 4.69) is 0 Å². The molecule has 2 aromatic rings. The third-order valence-corrected chi connectivity index (χ3v) is 3.45. The molecule has 4 nitrogen and oxygen atoms in total. The van der Waals surface area contributed by atoms with Crippen molar-refractivity contribution in [1.29, 1.82) is 0 Å². The summed E-state index contributed by atoms with van der Waals surface area (Å²) in [6.07, 6.45) is 6.39. The lowest BCUT2D eigenvalue weighted by Gasteiger charge is -2.11. The quantitative estimate of drug-likeness (QED) is 0.823. The van der Waals surface area contributed by atoms with Crippen molar-refractivity contribution >= 4 is 29.6 Å². The predicted molar refractivity (Wildman–Crippen MR) is 97.2 cm³/mol. The van der Waals surface area contributed by atoms with E-state index in [1.165, 1.54) is 24.3 Å². The van der Waals surface area contributed by atoms with Gasteiger partial charge in [-0.25, -0.2) is 4.79 Å². The summed E-state index contributed by atoms with van der Waals surface area (Å²) in [6, 6.07) is 14.2. The Hall–Kier alpha value is -3.14. The van der Waals surface area contributed by atoms with Crippen LogP contribution in [0.1, 0.15) is 21.5 Å². The Labute approximate surface area is 141 Å². The Balaban J connectivity index is 1.97. The number of hydrogen-bond donors (Lipinski definition) is 1. The molecule has 0 fully saturated rings. The first-order valence-electron chi connectivity index (χ1n) is 7.46. The molecule has 1 N–H and O–H groups in total. The van der Waals surface area contributed by atoms with E-state index in [4.69, 9.17) is 5.11 Å². The van der Waals surface area contributed by atoms with E-state index >= 15 is 0 Å². The maximum atomic E-state index is 11.9. The second kappa shape index (κ2) is 7.92. The van der Waals surface area contributed by atoms with Gasteiger partial charge in [0.05, 0.1) is 5.56 Å². The smallest absolute Gasteiger partial charge is 0.335 e. The van der Waals surface area contributed by atoms with Gasteiger partial charge in [-0.2, -0.15) is 0 Å². The van der Waals surface area contributed by atoms with E-state index in [9.17, 15) is 9.59 Å². The molecule has 0 aliphatic carbocycles. The minimum atomic E-state index is -0.968. The van der Waals surface area contributed by atoms with Gasteiger partial charge in [0, 0.05) is 19.8 Å². The van der Waals surface area contributed by atoms with Gasteiger partial charge in [-0.05, 0) is 47.5 Å². The average Bonchev–Trinajstić information content (AvgIpc) is 2.58. The standard InChI is InChI=1S/C20H19NO3/c1-21(2)18-11-5-16(6-12-18)8-14-19(22)13-7-15-3-9-17(10-4-15)20(23)24/h3-14H,1-2H3,(H,23,24)/b13-7+,14-8+. The zero-order valence-corrected chi connectivity index (χ0v) is 13.6. The van der Waals surface area contributed by atoms with E-state index in [1.54, 1.807) is 24.3 Å². The van der Waals surface area contributed by atoms with Gasteiger partial charge in [0.25, 0.3) is 0 Å². The number of ketones is 1. The zero-order valence-electron chi connectivity index (χ0n) is 13.6. The van der Waals surface area contributed by atoms with Crippen LogP contribution in [0.3, 0.4) is 0 Å². The van der Waals surface area contributed by atoms with Crippen LogP contribution in [0.25, 0.3) is 12.2 Å². The molecule has 0 atom stereocenters. The van der Waals surface area contributed by atoms with Crippen LogP contribution in [0.15, 0.2) is 60.7 Å². The highest BCUT2D eigenvalue weighted by molar-refractivity contribution is 6.04. The Kier molecular flexibility index (Phi) is 5.68. The van der Waals surface area contributed by atoms with Crippen LogP contribution >= 0.6 is 0 Å². The molecule has 0 saturated heterocycles. The summed E-state index contributed by atoms with van der Waals surface area (Å²) in [7, 11) is 3.95. The summed E-state index contributed by atoms with van der Waals surface area (Å²) >= 11 is 0.